The summed E-state index contributed by atoms with van der Waals surface area (Å²) in [6, 6.07) is 9.16. The highest BCUT2D eigenvalue weighted by atomic mass is 35.5. The Kier molecular flexibility index (Phi) is 6.51. The zero-order valence-corrected chi connectivity index (χ0v) is 17.5. The van der Waals surface area contributed by atoms with Crippen molar-refractivity contribution in [3.05, 3.63) is 41.4 Å². The molecule has 0 spiro atoms. The van der Waals surface area contributed by atoms with Crippen LogP contribution >= 0.6 is 11.6 Å². The number of ether oxygens (including phenoxy) is 3. The van der Waals surface area contributed by atoms with Gasteiger partial charge < -0.3 is 19.5 Å². The van der Waals surface area contributed by atoms with E-state index < -0.39 is 15.9 Å². The maximum atomic E-state index is 12.9. The van der Waals surface area contributed by atoms with Crippen molar-refractivity contribution >= 4 is 33.2 Å². The average molecular weight is 441 g/mol. The molecule has 2 aromatic rings. The van der Waals surface area contributed by atoms with Crippen LogP contribution in [0.2, 0.25) is 5.02 Å². The Morgan fingerprint density at radius 3 is 2.55 bits per heavy atom. The summed E-state index contributed by atoms with van der Waals surface area (Å²) in [6.45, 7) is 2.31. The predicted molar refractivity (Wildman–Crippen MR) is 108 cm³/mol. The summed E-state index contributed by atoms with van der Waals surface area (Å²) in [5.74, 6) is 1.02. The lowest BCUT2D eigenvalue weighted by Gasteiger charge is -2.21. The number of anilines is 1. The highest BCUT2D eigenvalue weighted by Gasteiger charge is 2.26. The van der Waals surface area contributed by atoms with Crippen molar-refractivity contribution in [3.63, 3.8) is 0 Å². The molecule has 0 saturated carbocycles. The summed E-state index contributed by atoms with van der Waals surface area (Å²) >= 11 is 6.05. The van der Waals surface area contributed by atoms with Crippen LogP contribution in [0.3, 0.4) is 0 Å². The number of methoxy groups -OCH3 is 1. The van der Waals surface area contributed by atoms with Gasteiger partial charge in [-0.3, -0.25) is 4.79 Å². The van der Waals surface area contributed by atoms with Crippen molar-refractivity contribution in [3.8, 4) is 17.2 Å². The third kappa shape index (κ3) is 4.75. The zero-order chi connectivity index (χ0) is 21.0. The van der Waals surface area contributed by atoms with Crippen LogP contribution in [0.15, 0.2) is 41.3 Å². The van der Waals surface area contributed by atoms with Crippen molar-refractivity contribution in [1.29, 1.82) is 0 Å². The number of nitrogens with zero attached hydrogens (tertiary/aromatic N) is 1. The Morgan fingerprint density at radius 1 is 1.17 bits per heavy atom. The molecule has 1 N–H and O–H groups in total. The van der Waals surface area contributed by atoms with Gasteiger partial charge in [0.15, 0.2) is 11.5 Å². The summed E-state index contributed by atoms with van der Waals surface area (Å²) in [6.07, 6.45) is 0. The van der Waals surface area contributed by atoms with E-state index in [2.05, 4.69) is 5.32 Å². The average Bonchev–Trinajstić information content (AvgIpc) is 2.71. The molecule has 0 atom stereocenters. The number of rotatable bonds is 7. The van der Waals surface area contributed by atoms with Crippen LogP contribution < -0.4 is 19.5 Å². The van der Waals surface area contributed by atoms with E-state index in [1.54, 1.807) is 25.1 Å². The third-order valence-corrected chi connectivity index (χ3v) is 6.47. The predicted octanol–water partition coefficient (Wildman–Crippen LogP) is 2.77. The lowest BCUT2D eigenvalue weighted by atomic mass is 10.2. The molecular weight excluding hydrogens is 420 g/mol. The summed E-state index contributed by atoms with van der Waals surface area (Å²) in [7, 11) is -2.47. The smallest absolute Gasteiger partial charge is 0.243 e. The topological polar surface area (TPSA) is 94.2 Å². The summed E-state index contributed by atoms with van der Waals surface area (Å²) in [5.41, 5.74) is 0.486. The number of nitrogens with one attached hydrogen (secondary N) is 1. The molecule has 0 saturated heterocycles. The molecule has 8 nitrogen and oxygen atoms in total. The summed E-state index contributed by atoms with van der Waals surface area (Å²) in [5, 5.41) is 2.85. The van der Waals surface area contributed by atoms with Gasteiger partial charge in [0.25, 0.3) is 0 Å². The van der Waals surface area contributed by atoms with E-state index in [1.165, 1.54) is 25.3 Å². The molecule has 29 heavy (non-hydrogen) atoms. The molecule has 2 aromatic carbocycles. The molecule has 1 heterocycles. The second kappa shape index (κ2) is 8.89. The molecule has 0 fully saturated rings. The second-order valence-corrected chi connectivity index (χ2v) is 8.48. The normalized spacial score (nSPS) is 13.2. The number of likely N-dealkylation sites (N-methyl/N-ethyl adjacent to an activating group) is 1. The minimum absolute atomic E-state index is 0.0164. The van der Waals surface area contributed by atoms with E-state index in [0.29, 0.717) is 36.1 Å². The number of amides is 1. The van der Waals surface area contributed by atoms with Crippen LogP contribution in [0.5, 0.6) is 17.2 Å². The third-order valence-electron chi connectivity index (χ3n) is 4.26. The number of carbonyl (C=O) groups is 1. The van der Waals surface area contributed by atoms with E-state index >= 15 is 0 Å². The van der Waals surface area contributed by atoms with Gasteiger partial charge in [0.1, 0.15) is 19.0 Å². The highest BCUT2D eigenvalue weighted by Crippen LogP contribution is 2.32. The number of carbonyl (C=O) groups excluding carboxylic acids is 1. The van der Waals surface area contributed by atoms with Gasteiger partial charge in [0.05, 0.1) is 23.6 Å². The quantitative estimate of drug-likeness (QED) is 0.711. The molecule has 156 valence electrons. The van der Waals surface area contributed by atoms with Gasteiger partial charge in [-0.25, -0.2) is 8.42 Å². The standard InChI is InChI=1S/C19H21ClN2O6S/c1-3-22(29(24,25)14-5-7-16(26-2)15(20)11-14)12-19(23)21-13-4-6-17-18(10-13)28-9-8-27-17/h4-7,10-11H,3,8-9,12H2,1-2H3,(H,21,23). The van der Waals surface area contributed by atoms with Crippen LogP contribution in [0.1, 0.15) is 6.92 Å². The van der Waals surface area contributed by atoms with E-state index in [-0.39, 0.29) is 23.0 Å². The molecule has 1 amide bonds. The number of hydrogen-bond donors (Lipinski definition) is 1. The Bertz CT molecular complexity index is 1010. The second-order valence-electron chi connectivity index (χ2n) is 6.13. The van der Waals surface area contributed by atoms with E-state index in [1.807, 2.05) is 0 Å². The number of sulfonamides is 1. The van der Waals surface area contributed by atoms with Crippen molar-refractivity contribution in [1.82, 2.24) is 4.31 Å². The van der Waals surface area contributed by atoms with Crippen LogP contribution in [0.4, 0.5) is 5.69 Å². The molecule has 0 aliphatic carbocycles. The Balaban J connectivity index is 1.73. The zero-order valence-electron chi connectivity index (χ0n) is 16.0. The lowest BCUT2D eigenvalue weighted by Crippen LogP contribution is -2.37. The van der Waals surface area contributed by atoms with Gasteiger partial charge in [-0.05, 0) is 30.3 Å². The molecular formula is C19H21ClN2O6S. The number of fused-ring (bicyclic) bond motifs is 1. The van der Waals surface area contributed by atoms with Crippen LogP contribution in [0.25, 0.3) is 0 Å². The highest BCUT2D eigenvalue weighted by molar-refractivity contribution is 7.89. The van der Waals surface area contributed by atoms with E-state index in [9.17, 15) is 13.2 Å². The Morgan fingerprint density at radius 2 is 1.90 bits per heavy atom. The fourth-order valence-electron chi connectivity index (χ4n) is 2.81. The number of halogens is 1. The maximum absolute atomic E-state index is 12.9. The molecule has 0 unspecified atom stereocenters. The van der Waals surface area contributed by atoms with Gasteiger partial charge >= 0.3 is 0 Å². The van der Waals surface area contributed by atoms with Gasteiger partial charge in [-0.2, -0.15) is 4.31 Å². The molecule has 0 radical (unpaired) electrons. The molecule has 1 aliphatic heterocycles. The molecule has 10 heteroatoms. The molecule has 0 bridgehead atoms. The van der Waals surface area contributed by atoms with Crippen molar-refractivity contribution in [2.75, 3.05) is 38.7 Å². The van der Waals surface area contributed by atoms with Gasteiger partial charge in [0, 0.05) is 18.3 Å². The number of benzene rings is 2. The van der Waals surface area contributed by atoms with Crippen LogP contribution in [-0.4, -0.2) is 52.0 Å². The first-order chi connectivity index (χ1) is 13.8. The number of hydrogen-bond acceptors (Lipinski definition) is 6. The van der Waals surface area contributed by atoms with E-state index in [0.717, 1.165) is 4.31 Å². The van der Waals surface area contributed by atoms with Crippen molar-refractivity contribution in [2.45, 2.75) is 11.8 Å². The SMILES string of the molecule is CCN(CC(=O)Nc1ccc2c(c1)OCCO2)S(=O)(=O)c1ccc(OC)c(Cl)c1. The molecule has 3 rings (SSSR count). The fraction of sp³-hybridized carbons (Fsp3) is 0.316. The summed E-state index contributed by atoms with van der Waals surface area (Å²) in [4.78, 5) is 12.4. The largest absolute Gasteiger partial charge is 0.495 e. The van der Waals surface area contributed by atoms with E-state index in [4.69, 9.17) is 25.8 Å². The van der Waals surface area contributed by atoms with Gasteiger partial charge in [0.2, 0.25) is 15.9 Å². The van der Waals surface area contributed by atoms with Gasteiger partial charge in [-0.15, -0.1) is 0 Å². The van der Waals surface area contributed by atoms with Crippen LogP contribution in [-0.2, 0) is 14.8 Å². The monoisotopic (exact) mass is 440 g/mol. The molecule has 1 aliphatic rings. The fourth-order valence-corrected chi connectivity index (χ4v) is 4.56. The Hall–Kier alpha value is -2.49. The Labute approximate surface area is 174 Å². The minimum atomic E-state index is -3.91. The lowest BCUT2D eigenvalue weighted by molar-refractivity contribution is -0.116. The first-order valence-electron chi connectivity index (χ1n) is 8.88. The first kappa shape index (κ1) is 21.2. The van der Waals surface area contributed by atoms with Crippen LogP contribution in [0, 0.1) is 0 Å². The van der Waals surface area contributed by atoms with Crippen molar-refractivity contribution in [2.24, 2.45) is 0 Å². The van der Waals surface area contributed by atoms with Crippen molar-refractivity contribution < 1.29 is 27.4 Å². The first-order valence-corrected chi connectivity index (χ1v) is 10.7. The minimum Gasteiger partial charge on any atom is -0.495 e. The maximum Gasteiger partial charge on any atom is 0.243 e. The molecule has 0 aromatic heterocycles. The summed E-state index contributed by atoms with van der Waals surface area (Å²) < 4.78 is 42.8. The van der Waals surface area contributed by atoms with Gasteiger partial charge in [-0.1, -0.05) is 18.5 Å².